The average molecular weight is 182 g/mol. The van der Waals surface area contributed by atoms with Crippen molar-refractivity contribution in [3.8, 4) is 0 Å². The van der Waals surface area contributed by atoms with Gasteiger partial charge in [-0.25, -0.2) is 9.37 Å². The molecule has 13 heavy (non-hydrogen) atoms. The third-order valence-corrected chi connectivity index (χ3v) is 2.06. The maximum Gasteiger partial charge on any atom is 0.129 e. The minimum Gasteiger partial charge on any atom is -0.367 e. The average Bonchev–Trinajstić information content (AvgIpc) is 2.14. The molecular weight excluding hydrogens is 167 g/mol. The molecule has 1 N–H and O–H groups in total. The number of hydrogen-bond donors (Lipinski definition) is 1. The highest BCUT2D eigenvalue weighted by Crippen LogP contribution is 2.09. The predicted octanol–water partition coefficient (Wildman–Crippen LogP) is 2.82. The minimum atomic E-state index is -0.247. The molecule has 0 unspecified atom stereocenters. The predicted molar refractivity (Wildman–Crippen MR) is 52.2 cm³/mol. The van der Waals surface area contributed by atoms with E-state index < -0.39 is 0 Å². The lowest BCUT2D eigenvalue weighted by molar-refractivity contribution is 0.622. The van der Waals surface area contributed by atoms with Gasteiger partial charge in [0.1, 0.15) is 11.6 Å². The van der Waals surface area contributed by atoms with Gasteiger partial charge in [0.15, 0.2) is 0 Å². The van der Waals surface area contributed by atoms with E-state index in [1.54, 1.807) is 0 Å². The summed E-state index contributed by atoms with van der Waals surface area (Å²) in [5.74, 6) is 0.372. The SMILES string of the molecule is CCC(CC)Nc1cc(F)ccn1. The summed E-state index contributed by atoms with van der Waals surface area (Å²) in [6.45, 7) is 4.20. The van der Waals surface area contributed by atoms with Gasteiger partial charge in [-0.2, -0.15) is 0 Å². The zero-order chi connectivity index (χ0) is 9.68. The first-order chi connectivity index (χ1) is 6.26. The molecule has 0 atom stereocenters. The maximum absolute atomic E-state index is 12.7. The van der Waals surface area contributed by atoms with E-state index >= 15 is 0 Å². The monoisotopic (exact) mass is 182 g/mol. The van der Waals surface area contributed by atoms with E-state index in [2.05, 4.69) is 24.1 Å². The fourth-order valence-electron chi connectivity index (χ4n) is 1.19. The van der Waals surface area contributed by atoms with Gasteiger partial charge in [-0.3, -0.25) is 0 Å². The summed E-state index contributed by atoms with van der Waals surface area (Å²) in [5.41, 5.74) is 0. The Morgan fingerprint density at radius 3 is 2.69 bits per heavy atom. The van der Waals surface area contributed by atoms with Crippen LogP contribution in [0, 0.1) is 5.82 Å². The van der Waals surface area contributed by atoms with Crippen molar-refractivity contribution in [3.05, 3.63) is 24.1 Å². The Bertz CT molecular complexity index is 259. The summed E-state index contributed by atoms with van der Waals surface area (Å²) in [6.07, 6.45) is 3.52. The summed E-state index contributed by atoms with van der Waals surface area (Å²) >= 11 is 0. The van der Waals surface area contributed by atoms with Crippen LogP contribution in [-0.2, 0) is 0 Å². The second kappa shape index (κ2) is 4.80. The van der Waals surface area contributed by atoms with E-state index in [0.717, 1.165) is 12.8 Å². The van der Waals surface area contributed by atoms with Crippen molar-refractivity contribution in [3.63, 3.8) is 0 Å². The van der Waals surface area contributed by atoms with Crippen LogP contribution in [-0.4, -0.2) is 11.0 Å². The second-order valence-corrected chi connectivity index (χ2v) is 3.02. The normalized spacial score (nSPS) is 10.5. The highest BCUT2D eigenvalue weighted by Gasteiger charge is 2.03. The number of nitrogens with zero attached hydrogens (tertiary/aromatic N) is 1. The van der Waals surface area contributed by atoms with Gasteiger partial charge >= 0.3 is 0 Å². The first kappa shape index (κ1) is 9.96. The van der Waals surface area contributed by atoms with Crippen molar-refractivity contribution in [2.45, 2.75) is 32.7 Å². The van der Waals surface area contributed by atoms with Gasteiger partial charge in [0.25, 0.3) is 0 Å². The van der Waals surface area contributed by atoms with Crippen molar-refractivity contribution >= 4 is 5.82 Å². The highest BCUT2D eigenvalue weighted by atomic mass is 19.1. The molecule has 0 aromatic carbocycles. The Balaban J connectivity index is 2.62. The molecule has 2 nitrogen and oxygen atoms in total. The molecule has 0 spiro atoms. The number of halogens is 1. The molecule has 0 saturated carbocycles. The van der Waals surface area contributed by atoms with Crippen LogP contribution in [0.2, 0.25) is 0 Å². The molecule has 3 heteroatoms. The molecule has 1 aromatic heterocycles. The summed E-state index contributed by atoms with van der Waals surface area (Å²) in [6, 6.07) is 3.14. The molecular formula is C10H15FN2. The topological polar surface area (TPSA) is 24.9 Å². The third kappa shape index (κ3) is 3.01. The molecule has 1 heterocycles. The minimum absolute atomic E-state index is 0.247. The molecule has 0 radical (unpaired) electrons. The number of hydrogen-bond acceptors (Lipinski definition) is 2. The number of aromatic nitrogens is 1. The van der Waals surface area contributed by atoms with Crippen LogP contribution in [0.1, 0.15) is 26.7 Å². The van der Waals surface area contributed by atoms with Crippen LogP contribution in [0.15, 0.2) is 18.3 Å². The summed E-state index contributed by atoms with van der Waals surface area (Å²) in [4.78, 5) is 4.02. The van der Waals surface area contributed by atoms with Crippen molar-refractivity contribution in [1.29, 1.82) is 0 Å². The molecule has 0 bridgehead atoms. The van der Waals surface area contributed by atoms with Crippen LogP contribution in [0.4, 0.5) is 10.2 Å². The number of rotatable bonds is 4. The Morgan fingerprint density at radius 2 is 2.15 bits per heavy atom. The zero-order valence-electron chi connectivity index (χ0n) is 8.05. The Kier molecular flexibility index (Phi) is 3.68. The Labute approximate surface area is 78.2 Å². The molecule has 1 rings (SSSR count). The zero-order valence-corrected chi connectivity index (χ0v) is 8.05. The summed E-state index contributed by atoms with van der Waals surface area (Å²) < 4.78 is 12.7. The lowest BCUT2D eigenvalue weighted by Crippen LogP contribution is -2.17. The van der Waals surface area contributed by atoms with Gasteiger partial charge in [0.05, 0.1) is 0 Å². The van der Waals surface area contributed by atoms with Gasteiger partial charge in [-0.1, -0.05) is 13.8 Å². The van der Waals surface area contributed by atoms with Gasteiger partial charge in [-0.15, -0.1) is 0 Å². The van der Waals surface area contributed by atoms with E-state index in [1.807, 2.05) is 0 Å². The molecule has 0 aliphatic rings. The Hall–Kier alpha value is -1.12. The van der Waals surface area contributed by atoms with Crippen molar-refractivity contribution in [2.75, 3.05) is 5.32 Å². The molecule has 0 aliphatic carbocycles. The van der Waals surface area contributed by atoms with Crippen LogP contribution in [0.3, 0.4) is 0 Å². The molecule has 1 aromatic rings. The van der Waals surface area contributed by atoms with E-state index in [9.17, 15) is 4.39 Å². The molecule has 0 fully saturated rings. The Morgan fingerprint density at radius 1 is 1.46 bits per heavy atom. The van der Waals surface area contributed by atoms with Gasteiger partial charge < -0.3 is 5.32 Å². The van der Waals surface area contributed by atoms with Crippen molar-refractivity contribution < 1.29 is 4.39 Å². The molecule has 72 valence electrons. The van der Waals surface area contributed by atoms with Gasteiger partial charge in [0.2, 0.25) is 0 Å². The van der Waals surface area contributed by atoms with E-state index in [0.29, 0.717) is 11.9 Å². The quantitative estimate of drug-likeness (QED) is 0.774. The smallest absolute Gasteiger partial charge is 0.129 e. The molecule has 0 aliphatic heterocycles. The van der Waals surface area contributed by atoms with Gasteiger partial charge in [0, 0.05) is 18.3 Å². The second-order valence-electron chi connectivity index (χ2n) is 3.02. The highest BCUT2D eigenvalue weighted by molar-refractivity contribution is 5.34. The van der Waals surface area contributed by atoms with Crippen LogP contribution < -0.4 is 5.32 Å². The number of pyridine rings is 1. The standard InChI is InChI=1S/C10H15FN2/c1-3-9(4-2)13-10-7-8(11)5-6-12-10/h5-7,9H,3-4H2,1-2H3,(H,12,13). The van der Waals surface area contributed by atoms with Crippen LogP contribution in [0.25, 0.3) is 0 Å². The first-order valence-corrected chi connectivity index (χ1v) is 4.64. The third-order valence-electron chi connectivity index (χ3n) is 2.06. The fourth-order valence-corrected chi connectivity index (χ4v) is 1.19. The van der Waals surface area contributed by atoms with E-state index in [4.69, 9.17) is 0 Å². The lowest BCUT2D eigenvalue weighted by atomic mass is 10.2. The summed E-state index contributed by atoms with van der Waals surface area (Å²) in [7, 11) is 0. The molecule has 0 saturated heterocycles. The largest absolute Gasteiger partial charge is 0.367 e. The van der Waals surface area contributed by atoms with E-state index in [-0.39, 0.29) is 5.82 Å². The fraction of sp³-hybridized carbons (Fsp3) is 0.500. The first-order valence-electron chi connectivity index (χ1n) is 4.64. The van der Waals surface area contributed by atoms with Crippen molar-refractivity contribution in [1.82, 2.24) is 4.98 Å². The van der Waals surface area contributed by atoms with Crippen molar-refractivity contribution in [2.24, 2.45) is 0 Å². The number of nitrogens with one attached hydrogen (secondary N) is 1. The van der Waals surface area contributed by atoms with Gasteiger partial charge in [-0.05, 0) is 18.9 Å². The van der Waals surface area contributed by atoms with E-state index in [1.165, 1.54) is 18.3 Å². The maximum atomic E-state index is 12.7. The molecule has 0 amide bonds. The number of anilines is 1. The summed E-state index contributed by atoms with van der Waals surface area (Å²) in [5, 5.41) is 3.17. The lowest BCUT2D eigenvalue weighted by Gasteiger charge is -2.14. The van der Waals surface area contributed by atoms with Crippen LogP contribution >= 0.6 is 0 Å². The van der Waals surface area contributed by atoms with Crippen LogP contribution in [0.5, 0.6) is 0 Å².